The normalized spacial score (nSPS) is 19.7. The molecular weight excluding hydrogens is 403 g/mol. The lowest BCUT2D eigenvalue weighted by Gasteiger charge is -2.35. The highest BCUT2D eigenvalue weighted by Gasteiger charge is 2.26. The zero-order valence-corrected chi connectivity index (χ0v) is 16.5. The number of guanidine groups is 1. The summed E-state index contributed by atoms with van der Waals surface area (Å²) >= 11 is 0. The molecule has 0 spiro atoms. The molecule has 1 rings (SSSR count). The smallest absolute Gasteiger partial charge is 0.208 e. The first-order valence-corrected chi connectivity index (χ1v) is 9.03. The second-order valence-corrected chi connectivity index (χ2v) is 8.08. The Kier molecular flexibility index (Phi) is 9.10. The third-order valence-electron chi connectivity index (χ3n) is 3.69. The molecule has 0 radical (unpaired) electrons. The second-order valence-electron chi connectivity index (χ2n) is 6.25. The number of hydrogen-bond donors (Lipinski definition) is 3. The van der Waals surface area contributed by atoms with E-state index >= 15 is 0 Å². The molecule has 0 aromatic rings. The zero-order chi connectivity index (χ0) is 15.2. The van der Waals surface area contributed by atoms with Gasteiger partial charge in [-0.1, -0.05) is 13.8 Å². The molecule has 21 heavy (non-hydrogen) atoms. The van der Waals surface area contributed by atoms with E-state index in [4.69, 9.17) is 0 Å². The average Bonchev–Trinajstić information content (AvgIpc) is 2.34. The van der Waals surface area contributed by atoms with E-state index in [-0.39, 0.29) is 24.0 Å². The van der Waals surface area contributed by atoms with Gasteiger partial charge in [0.1, 0.15) is 0 Å². The summed E-state index contributed by atoms with van der Waals surface area (Å²) in [4.78, 5) is 4.17. The topological polar surface area (TPSA) is 82.6 Å². The lowest BCUT2D eigenvalue weighted by Crippen LogP contribution is -2.47. The van der Waals surface area contributed by atoms with Crippen LogP contribution in [-0.2, 0) is 10.0 Å². The van der Waals surface area contributed by atoms with E-state index in [1.807, 2.05) is 0 Å². The molecule has 6 nitrogen and oxygen atoms in total. The van der Waals surface area contributed by atoms with Crippen molar-refractivity contribution in [2.24, 2.45) is 10.4 Å². The Labute approximate surface area is 146 Å². The van der Waals surface area contributed by atoms with Crippen molar-refractivity contribution in [3.8, 4) is 0 Å². The van der Waals surface area contributed by atoms with E-state index < -0.39 is 10.0 Å². The highest BCUT2D eigenvalue weighted by atomic mass is 127. The van der Waals surface area contributed by atoms with Gasteiger partial charge in [-0.15, -0.1) is 24.0 Å². The first kappa shape index (κ1) is 20.9. The van der Waals surface area contributed by atoms with Gasteiger partial charge in [-0.05, 0) is 31.1 Å². The Morgan fingerprint density at radius 3 is 2.29 bits per heavy atom. The monoisotopic (exact) mass is 432 g/mol. The van der Waals surface area contributed by atoms with Crippen LogP contribution in [-0.4, -0.2) is 46.8 Å². The van der Waals surface area contributed by atoms with Gasteiger partial charge < -0.3 is 10.6 Å². The molecule has 0 bridgehead atoms. The fourth-order valence-electron chi connectivity index (χ4n) is 2.35. The van der Waals surface area contributed by atoms with Crippen LogP contribution in [0.25, 0.3) is 0 Å². The minimum atomic E-state index is -3.12. The van der Waals surface area contributed by atoms with Crippen molar-refractivity contribution in [2.45, 2.75) is 45.6 Å². The minimum Gasteiger partial charge on any atom is -0.355 e. The minimum absolute atomic E-state index is 0. The average molecular weight is 432 g/mol. The Hall–Kier alpha value is -0.0900. The van der Waals surface area contributed by atoms with Crippen molar-refractivity contribution in [3.63, 3.8) is 0 Å². The molecule has 0 aromatic carbocycles. The number of nitrogens with one attached hydrogen (secondary N) is 3. The van der Waals surface area contributed by atoms with Crippen LogP contribution in [0, 0.1) is 5.41 Å². The van der Waals surface area contributed by atoms with Crippen molar-refractivity contribution in [2.75, 3.05) is 26.4 Å². The molecule has 1 fully saturated rings. The molecule has 1 aliphatic rings. The largest absolute Gasteiger partial charge is 0.355 e. The summed E-state index contributed by atoms with van der Waals surface area (Å²) < 4.78 is 24.3. The van der Waals surface area contributed by atoms with Gasteiger partial charge in [-0.3, -0.25) is 4.99 Å². The van der Waals surface area contributed by atoms with Gasteiger partial charge in [0.05, 0.1) is 6.26 Å². The molecule has 8 heteroatoms. The molecule has 1 aliphatic carbocycles. The van der Waals surface area contributed by atoms with E-state index in [0.717, 1.165) is 25.1 Å². The molecule has 0 heterocycles. The van der Waals surface area contributed by atoms with Crippen molar-refractivity contribution in [1.82, 2.24) is 15.4 Å². The molecule has 0 amide bonds. The maximum Gasteiger partial charge on any atom is 0.208 e. The van der Waals surface area contributed by atoms with Crippen molar-refractivity contribution < 1.29 is 8.42 Å². The van der Waals surface area contributed by atoms with Gasteiger partial charge in [0.15, 0.2) is 5.96 Å². The van der Waals surface area contributed by atoms with E-state index in [1.54, 1.807) is 7.05 Å². The summed E-state index contributed by atoms with van der Waals surface area (Å²) in [5.41, 5.74) is 0.453. The fourth-order valence-corrected chi connectivity index (χ4v) is 2.82. The number of rotatable bonds is 5. The lowest BCUT2D eigenvalue weighted by atomic mass is 9.75. The Balaban J connectivity index is 0.00000400. The first-order valence-electron chi connectivity index (χ1n) is 7.14. The molecule has 3 N–H and O–H groups in total. The molecular formula is C13H29IN4O2S. The Bertz CT molecular complexity index is 427. The van der Waals surface area contributed by atoms with Gasteiger partial charge in [-0.2, -0.15) is 0 Å². The quantitative estimate of drug-likeness (QED) is 0.265. The molecule has 1 saturated carbocycles. The van der Waals surface area contributed by atoms with E-state index in [2.05, 4.69) is 34.2 Å². The number of aliphatic imine (C=N–C) groups is 1. The van der Waals surface area contributed by atoms with Gasteiger partial charge in [0.25, 0.3) is 0 Å². The van der Waals surface area contributed by atoms with E-state index in [0.29, 0.717) is 24.5 Å². The Morgan fingerprint density at radius 1 is 1.24 bits per heavy atom. The Morgan fingerprint density at radius 2 is 1.81 bits per heavy atom. The standard InChI is InChI=1S/C13H28N4O2S.HI/c1-13(2)7-5-11(6-8-13)17-12(14-3)15-9-10-16-20(4,18)19;/h11,16H,5-10H2,1-4H3,(H2,14,15,17);1H. The van der Waals surface area contributed by atoms with E-state index in [9.17, 15) is 8.42 Å². The number of halogens is 1. The highest BCUT2D eigenvalue weighted by molar-refractivity contribution is 14.0. The van der Waals surface area contributed by atoms with Gasteiger partial charge in [-0.25, -0.2) is 13.1 Å². The molecule has 0 aliphatic heterocycles. The van der Waals surface area contributed by atoms with Crippen molar-refractivity contribution >= 4 is 40.0 Å². The van der Waals surface area contributed by atoms with Gasteiger partial charge in [0, 0.05) is 26.2 Å². The van der Waals surface area contributed by atoms with Gasteiger partial charge >= 0.3 is 0 Å². The lowest BCUT2D eigenvalue weighted by molar-refractivity contribution is 0.216. The third-order valence-corrected chi connectivity index (χ3v) is 4.41. The predicted molar refractivity (Wildman–Crippen MR) is 98.8 cm³/mol. The van der Waals surface area contributed by atoms with Gasteiger partial charge in [0.2, 0.25) is 10.0 Å². The summed E-state index contributed by atoms with van der Waals surface area (Å²) in [7, 11) is -1.39. The SMILES string of the molecule is CN=C(NCCNS(C)(=O)=O)NC1CCC(C)(C)CC1.I. The number of sulfonamides is 1. The highest BCUT2D eigenvalue weighted by Crippen LogP contribution is 2.34. The van der Waals surface area contributed by atoms with Crippen LogP contribution in [0.1, 0.15) is 39.5 Å². The van der Waals surface area contributed by atoms with Crippen LogP contribution in [0.3, 0.4) is 0 Å². The predicted octanol–water partition coefficient (Wildman–Crippen LogP) is 1.29. The number of hydrogen-bond acceptors (Lipinski definition) is 3. The van der Waals surface area contributed by atoms with Crippen LogP contribution in [0.2, 0.25) is 0 Å². The van der Waals surface area contributed by atoms with Crippen LogP contribution in [0.15, 0.2) is 4.99 Å². The summed E-state index contributed by atoms with van der Waals surface area (Å²) in [6.07, 6.45) is 5.89. The van der Waals surface area contributed by atoms with Crippen LogP contribution >= 0.6 is 24.0 Å². The van der Waals surface area contributed by atoms with Crippen molar-refractivity contribution in [3.05, 3.63) is 0 Å². The maximum absolute atomic E-state index is 10.9. The van der Waals surface area contributed by atoms with Crippen molar-refractivity contribution in [1.29, 1.82) is 0 Å². The maximum atomic E-state index is 10.9. The third kappa shape index (κ3) is 9.51. The first-order chi connectivity index (χ1) is 9.22. The molecule has 0 aromatic heterocycles. The fraction of sp³-hybridized carbons (Fsp3) is 0.923. The summed E-state index contributed by atoms with van der Waals surface area (Å²) in [5, 5.41) is 6.52. The van der Waals surface area contributed by atoms with Crippen LogP contribution in [0.5, 0.6) is 0 Å². The molecule has 0 saturated heterocycles. The molecule has 126 valence electrons. The van der Waals surface area contributed by atoms with Crippen LogP contribution < -0.4 is 15.4 Å². The second kappa shape index (κ2) is 9.14. The number of nitrogens with zero attached hydrogens (tertiary/aromatic N) is 1. The summed E-state index contributed by atoms with van der Waals surface area (Å²) in [6, 6.07) is 0.456. The molecule has 0 atom stereocenters. The zero-order valence-electron chi connectivity index (χ0n) is 13.4. The van der Waals surface area contributed by atoms with E-state index in [1.165, 1.54) is 12.8 Å². The summed E-state index contributed by atoms with van der Waals surface area (Å²) in [6.45, 7) is 5.50. The summed E-state index contributed by atoms with van der Waals surface area (Å²) in [5.74, 6) is 0.741. The molecule has 0 unspecified atom stereocenters. The van der Waals surface area contributed by atoms with Crippen LogP contribution in [0.4, 0.5) is 0 Å².